The number of hydrogen-bond acceptors (Lipinski definition) is 3. The van der Waals surface area contributed by atoms with E-state index < -0.39 is 0 Å². The zero-order valence-electron chi connectivity index (χ0n) is 10.3. The number of nitrogens with zero attached hydrogens (tertiary/aromatic N) is 1. The number of nitrogens with one attached hydrogen (secondary N) is 1. The minimum Gasteiger partial charge on any atom is -0.314 e. The van der Waals surface area contributed by atoms with Gasteiger partial charge in [-0.25, -0.2) is 4.31 Å². The van der Waals surface area contributed by atoms with Crippen molar-refractivity contribution >= 4 is 11.9 Å². The standard InChI is InChI=1S/C13H20N2S/c1-10-8-11(2)13(12(3)9-10)16-15-6-4-14-5-7-15/h8-9,14H,4-7H2,1-3H3. The highest BCUT2D eigenvalue weighted by Gasteiger charge is 2.13. The summed E-state index contributed by atoms with van der Waals surface area (Å²) in [4.78, 5) is 1.44. The third-order valence-electron chi connectivity index (χ3n) is 2.90. The van der Waals surface area contributed by atoms with Crippen molar-refractivity contribution < 1.29 is 0 Å². The van der Waals surface area contributed by atoms with E-state index in [1.165, 1.54) is 21.6 Å². The molecule has 0 unspecified atom stereocenters. The Bertz CT molecular complexity index is 347. The van der Waals surface area contributed by atoms with Crippen LogP contribution in [0.3, 0.4) is 0 Å². The monoisotopic (exact) mass is 236 g/mol. The van der Waals surface area contributed by atoms with Gasteiger partial charge in [0.1, 0.15) is 0 Å². The number of hydrogen-bond donors (Lipinski definition) is 1. The van der Waals surface area contributed by atoms with Crippen LogP contribution in [0.4, 0.5) is 0 Å². The molecule has 1 aliphatic rings. The van der Waals surface area contributed by atoms with Crippen LogP contribution in [0.5, 0.6) is 0 Å². The second kappa shape index (κ2) is 5.21. The third-order valence-corrected chi connectivity index (χ3v) is 4.35. The predicted octanol–water partition coefficient (Wildman–Crippen LogP) is 2.52. The van der Waals surface area contributed by atoms with E-state index in [2.05, 4.69) is 42.5 Å². The van der Waals surface area contributed by atoms with E-state index in [-0.39, 0.29) is 0 Å². The summed E-state index contributed by atoms with van der Waals surface area (Å²) in [6.07, 6.45) is 0. The first-order valence-electron chi connectivity index (χ1n) is 5.88. The van der Waals surface area contributed by atoms with Gasteiger partial charge in [-0.2, -0.15) is 0 Å². The second-order valence-corrected chi connectivity index (χ2v) is 5.61. The lowest BCUT2D eigenvalue weighted by molar-refractivity contribution is 0.396. The number of rotatable bonds is 2. The molecule has 1 saturated heterocycles. The molecule has 3 heteroatoms. The molecule has 0 amide bonds. The van der Waals surface area contributed by atoms with E-state index in [0.29, 0.717) is 0 Å². The predicted molar refractivity (Wildman–Crippen MR) is 71.0 cm³/mol. The van der Waals surface area contributed by atoms with Gasteiger partial charge in [-0.3, -0.25) is 0 Å². The summed E-state index contributed by atoms with van der Waals surface area (Å²) in [5.41, 5.74) is 4.17. The first-order chi connectivity index (χ1) is 7.66. The molecule has 0 atom stereocenters. The molecule has 1 aromatic carbocycles. The Hall–Kier alpha value is -0.510. The van der Waals surface area contributed by atoms with Crippen LogP contribution >= 0.6 is 11.9 Å². The Kier molecular flexibility index (Phi) is 3.90. The lowest BCUT2D eigenvalue weighted by Crippen LogP contribution is -2.39. The molecule has 88 valence electrons. The van der Waals surface area contributed by atoms with Crippen LogP contribution in [0, 0.1) is 20.8 Å². The average Bonchev–Trinajstić information content (AvgIpc) is 2.25. The van der Waals surface area contributed by atoms with E-state index in [1.807, 2.05) is 11.9 Å². The van der Waals surface area contributed by atoms with Gasteiger partial charge >= 0.3 is 0 Å². The molecule has 1 aliphatic heterocycles. The normalized spacial score (nSPS) is 17.7. The Labute approximate surface area is 103 Å². The van der Waals surface area contributed by atoms with Crippen molar-refractivity contribution in [3.63, 3.8) is 0 Å². The van der Waals surface area contributed by atoms with Gasteiger partial charge in [0.05, 0.1) is 0 Å². The van der Waals surface area contributed by atoms with Gasteiger partial charge in [-0.15, -0.1) is 0 Å². The van der Waals surface area contributed by atoms with Gasteiger partial charge in [-0.05, 0) is 43.8 Å². The van der Waals surface area contributed by atoms with E-state index in [0.717, 1.165) is 26.2 Å². The molecule has 1 N–H and O–H groups in total. The smallest absolute Gasteiger partial charge is 0.0288 e. The van der Waals surface area contributed by atoms with Gasteiger partial charge in [0.15, 0.2) is 0 Å². The zero-order chi connectivity index (χ0) is 11.5. The largest absolute Gasteiger partial charge is 0.314 e. The van der Waals surface area contributed by atoms with Crippen LogP contribution < -0.4 is 5.32 Å². The number of aryl methyl sites for hydroxylation is 3. The summed E-state index contributed by atoms with van der Waals surface area (Å²) < 4.78 is 2.46. The van der Waals surface area contributed by atoms with E-state index in [1.54, 1.807) is 0 Å². The molecule has 0 radical (unpaired) electrons. The number of piperazine rings is 1. The van der Waals surface area contributed by atoms with Crippen LogP contribution in [-0.4, -0.2) is 30.5 Å². The van der Waals surface area contributed by atoms with Crippen LogP contribution in [0.25, 0.3) is 0 Å². The van der Waals surface area contributed by atoms with Crippen molar-refractivity contribution in [2.75, 3.05) is 26.2 Å². The van der Waals surface area contributed by atoms with Gasteiger partial charge in [0.2, 0.25) is 0 Å². The first kappa shape index (κ1) is 12.0. The summed E-state index contributed by atoms with van der Waals surface area (Å²) in [5, 5.41) is 3.38. The highest BCUT2D eigenvalue weighted by molar-refractivity contribution is 7.97. The second-order valence-electron chi connectivity index (χ2n) is 4.50. The Balaban J connectivity index is 2.14. The van der Waals surface area contributed by atoms with Crippen molar-refractivity contribution in [1.82, 2.24) is 9.62 Å². The molecular weight excluding hydrogens is 216 g/mol. The summed E-state index contributed by atoms with van der Waals surface area (Å²) in [5.74, 6) is 0. The molecule has 0 saturated carbocycles. The maximum absolute atomic E-state index is 3.38. The highest BCUT2D eigenvalue weighted by atomic mass is 32.2. The molecule has 2 nitrogen and oxygen atoms in total. The molecular formula is C13H20N2S. The summed E-state index contributed by atoms with van der Waals surface area (Å²) in [6.45, 7) is 11.1. The Morgan fingerprint density at radius 1 is 1.06 bits per heavy atom. The van der Waals surface area contributed by atoms with Crippen LogP contribution in [0.15, 0.2) is 17.0 Å². The fourth-order valence-electron chi connectivity index (χ4n) is 2.18. The molecule has 0 aliphatic carbocycles. The van der Waals surface area contributed by atoms with Crippen molar-refractivity contribution in [3.8, 4) is 0 Å². The van der Waals surface area contributed by atoms with E-state index in [9.17, 15) is 0 Å². The fourth-order valence-corrected chi connectivity index (χ4v) is 3.20. The molecule has 0 spiro atoms. The molecule has 16 heavy (non-hydrogen) atoms. The van der Waals surface area contributed by atoms with E-state index in [4.69, 9.17) is 0 Å². The van der Waals surface area contributed by atoms with Gasteiger partial charge in [0, 0.05) is 31.1 Å². The maximum atomic E-state index is 3.38. The summed E-state index contributed by atoms with van der Waals surface area (Å²) >= 11 is 1.92. The minimum atomic E-state index is 1.11. The van der Waals surface area contributed by atoms with Gasteiger partial charge in [-0.1, -0.05) is 17.7 Å². The maximum Gasteiger partial charge on any atom is 0.0288 e. The van der Waals surface area contributed by atoms with Crippen LogP contribution in [-0.2, 0) is 0 Å². The quantitative estimate of drug-likeness (QED) is 0.794. The molecule has 1 fully saturated rings. The lowest BCUT2D eigenvalue weighted by atomic mass is 10.1. The molecule has 1 aromatic rings. The summed E-state index contributed by atoms with van der Waals surface area (Å²) in [7, 11) is 0. The first-order valence-corrected chi connectivity index (χ1v) is 6.65. The SMILES string of the molecule is Cc1cc(C)c(SN2CCNCC2)c(C)c1. The van der Waals surface area contributed by atoms with Crippen LogP contribution in [0.1, 0.15) is 16.7 Å². The van der Waals surface area contributed by atoms with Crippen molar-refractivity contribution in [2.24, 2.45) is 0 Å². The minimum absolute atomic E-state index is 1.11. The zero-order valence-corrected chi connectivity index (χ0v) is 11.2. The van der Waals surface area contributed by atoms with Crippen LogP contribution in [0.2, 0.25) is 0 Å². The van der Waals surface area contributed by atoms with Crippen molar-refractivity contribution in [1.29, 1.82) is 0 Å². The summed E-state index contributed by atoms with van der Waals surface area (Å²) in [6, 6.07) is 4.55. The Morgan fingerprint density at radius 2 is 1.62 bits per heavy atom. The number of benzene rings is 1. The van der Waals surface area contributed by atoms with Gasteiger partial charge < -0.3 is 5.32 Å². The van der Waals surface area contributed by atoms with Crippen molar-refractivity contribution in [2.45, 2.75) is 25.7 Å². The highest BCUT2D eigenvalue weighted by Crippen LogP contribution is 2.30. The topological polar surface area (TPSA) is 15.3 Å². The average molecular weight is 236 g/mol. The van der Waals surface area contributed by atoms with Gasteiger partial charge in [0.25, 0.3) is 0 Å². The molecule has 0 bridgehead atoms. The van der Waals surface area contributed by atoms with Crippen molar-refractivity contribution in [3.05, 3.63) is 28.8 Å². The Morgan fingerprint density at radius 3 is 2.19 bits per heavy atom. The third kappa shape index (κ3) is 2.78. The van der Waals surface area contributed by atoms with E-state index >= 15 is 0 Å². The lowest BCUT2D eigenvalue weighted by Gasteiger charge is -2.27. The fraction of sp³-hybridized carbons (Fsp3) is 0.538. The molecule has 0 aromatic heterocycles. The molecule has 2 rings (SSSR count). The molecule has 1 heterocycles.